The first-order valence-corrected chi connectivity index (χ1v) is 11.2. The number of benzene rings is 2. The third-order valence-electron chi connectivity index (χ3n) is 8.25. The van der Waals surface area contributed by atoms with Crippen LogP contribution in [0, 0.1) is 23.2 Å². The van der Waals surface area contributed by atoms with E-state index in [1.54, 1.807) is 0 Å². The second-order valence-corrected chi connectivity index (χ2v) is 9.49. The first-order chi connectivity index (χ1) is 13.7. The molecule has 2 aromatic carbocycles. The molecule has 0 amide bonds. The van der Waals surface area contributed by atoms with Gasteiger partial charge in [-0.3, -0.25) is 0 Å². The van der Waals surface area contributed by atoms with Gasteiger partial charge in [-0.25, -0.2) is 0 Å². The van der Waals surface area contributed by atoms with Gasteiger partial charge in [0.25, 0.3) is 0 Å². The summed E-state index contributed by atoms with van der Waals surface area (Å²) in [6.07, 6.45) is 14.0. The Kier molecular flexibility index (Phi) is 4.38. The van der Waals surface area contributed by atoms with Gasteiger partial charge in [-0.15, -0.1) is 0 Å². The molecule has 3 saturated carbocycles. The molecule has 2 unspecified atom stereocenters. The van der Waals surface area contributed by atoms with Crippen molar-refractivity contribution in [1.29, 1.82) is 0 Å². The van der Waals surface area contributed by atoms with Crippen molar-refractivity contribution in [1.82, 2.24) is 0 Å². The summed E-state index contributed by atoms with van der Waals surface area (Å²) in [6, 6.07) is 19.2. The SMILES string of the molecule is CC/C=C\[C@H]1[C@H]2C(CCc3ccccc3)C23CCC[C@@]1(c1cccc(O)c1)C3. The molecule has 5 atom stereocenters. The fourth-order valence-electron chi connectivity index (χ4n) is 7.22. The van der Waals surface area contributed by atoms with Crippen LogP contribution in [0.2, 0.25) is 0 Å². The monoisotopic (exact) mass is 372 g/mol. The maximum Gasteiger partial charge on any atom is 0.115 e. The number of rotatable bonds is 6. The topological polar surface area (TPSA) is 20.2 Å². The Morgan fingerprint density at radius 1 is 1.07 bits per heavy atom. The quantitative estimate of drug-likeness (QED) is 0.562. The third kappa shape index (κ3) is 2.66. The predicted molar refractivity (Wildman–Crippen MR) is 115 cm³/mol. The molecule has 1 nitrogen and oxygen atoms in total. The van der Waals surface area contributed by atoms with Gasteiger partial charge in [0.05, 0.1) is 0 Å². The van der Waals surface area contributed by atoms with E-state index in [-0.39, 0.29) is 5.41 Å². The summed E-state index contributed by atoms with van der Waals surface area (Å²) in [4.78, 5) is 0. The lowest BCUT2D eigenvalue weighted by atomic mass is 9.61. The number of phenols is 1. The molecule has 1 spiro atoms. The summed E-state index contributed by atoms with van der Waals surface area (Å²) in [6.45, 7) is 2.24. The van der Waals surface area contributed by atoms with Crippen LogP contribution in [0.1, 0.15) is 56.6 Å². The zero-order chi connectivity index (χ0) is 19.2. The molecule has 146 valence electrons. The Hall–Kier alpha value is -2.02. The number of aromatic hydroxyl groups is 1. The Balaban J connectivity index is 1.44. The molecule has 28 heavy (non-hydrogen) atoms. The molecule has 3 fully saturated rings. The summed E-state index contributed by atoms with van der Waals surface area (Å²) < 4.78 is 0. The molecule has 0 radical (unpaired) electrons. The second kappa shape index (κ2) is 6.79. The minimum absolute atomic E-state index is 0.247. The van der Waals surface area contributed by atoms with Crippen LogP contribution < -0.4 is 0 Å². The van der Waals surface area contributed by atoms with Crippen molar-refractivity contribution in [2.45, 2.75) is 57.3 Å². The van der Waals surface area contributed by atoms with Crippen molar-refractivity contribution in [3.8, 4) is 5.75 Å². The third-order valence-corrected chi connectivity index (χ3v) is 8.25. The standard InChI is InChI=1S/C27H32O/c1-2-3-13-23-25-24(15-14-20-9-5-4-6-10-20)27(25)17-8-16-26(23,19-27)21-11-7-12-22(28)18-21/h3-7,9-13,18,23-25,28H,2,8,14-17,19H2,1H3/b13-3-/t23-,24?,25-,26-,27?/m0/s1. The van der Waals surface area contributed by atoms with Crippen molar-refractivity contribution in [2.75, 3.05) is 0 Å². The van der Waals surface area contributed by atoms with E-state index in [2.05, 4.69) is 61.5 Å². The first-order valence-electron chi connectivity index (χ1n) is 11.2. The van der Waals surface area contributed by atoms with Gasteiger partial charge in [0, 0.05) is 5.41 Å². The summed E-state index contributed by atoms with van der Waals surface area (Å²) in [5, 5.41) is 10.1. The van der Waals surface area contributed by atoms with E-state index < -0.39 is 0 Å². The highest BCUT2D eigenvalue weighted by Crippen LogP contribution is 2.81. The highest BCUT2D eigenvalue weighted by Gasteiger charge is 2.76. The van der Waals surface area contributed by atoms with Gasteiger partial charge < -0.3 is 5.11 Å². The van der Waals surface area contributed by atoms with E-state index in [0.717, 1.165) is 18.3 Å². The van der Waals surface area contributed by atoms with Gasteiger partial charge in [-0.2, -0.15) is 0 Å². The average Bonchev–Trinajstić information content (AvgIpc) is 3.24. The van der Waals surface area contributed by atoms with Crippen LogP contribution in [0.3, 0.4) is 0 Å². The van der Waals surface area contributed by atoms with Crippen LogP contribution in [0.5, 0.6) is 5.75 Å². The second-order valence-electron chi connectivity index (χ2n) is 9.49. The van der Waals surface area contributed by atoms with Gasteiger partial charge in [0.15, 0.2) is 0 Å². The van der Waals surface area contributed by atoms with E-state index >= 15 is 0 Å². The van der Waals surface area contributed by atoms with E-state index in [9.17, 15) is 5.11 Å². The number of fused-ring (bicyclic) bond motifs is 1. The molecular weight excluding hydrogens is 340 g/mol. The number of hydrogen-bond acceptors (Lipinski definition) is 1. The van der Waals surface area contributed by atoms with Crippen LogP contribution in [-0.4, -0.2) is 5.11 Å². The zero-order valence-corrected chi connectivity index (χ0v) is 17.0. The highest BCUT2D eigenvalue weighted by atomic mass is 16.3. The van der Waals surface area contributed by atoms with E-state index in [4.69, 9.17) is 0 Å². The van der Waals surface area contributed by atoms with Crippen molar-refractivity contribution in [2.24, 2.45) is 23.2 Å². The summed E-state index contributed by atoms with van der Waals surface area (Å²) in [5.74, 6) is 2.78. The molecule has 2 bridgehead atoms. The molecule has 0 aromatic heterocycles. The molecule has 0 saturated heterocycles. The van der Waals surface area contributed by atoms with Gasteiger partial charge >= 0.3 is 0 Å². The molecule has 1 N–H and O–H groups in total. The van der Waals surface area contributed by atoms with E-state index in [1.165, 1.54) is 49.7 Å². The maximum absolute atomic E-state index is 10.1. The number of aryl methyl sites for hydroxylation is 1. The molecule has 2 aromatic rings. The van der Waals surface area contributed by atoms with Gasteiger partial charge in [-0.1, -0.05) is 68.0 Å². The molecule has 3 aliphatic rings. The Morgan fingerprint density at radius 3 is 2.71 bits per heavy atom. The van der Waals surface area contributed by atoms with Crippen molar-refractivity contribution < 1.29 is 5.11 Å². The lowest BCUT2D eigenvalue weighted by Gasteiger charge is -2.42. The predicted octanol–water partition coefficient (Wildman–Crippen LogP) is 6.67. The minimum atomic E-state index is 0.247. The van der Waals surface area contributed by atoms with Crippen LogP contribution in [0.15, 0.2) is 66.7 Å². The van der Waals surface area contributed by atoms with Gasteiger partial charge in [0.1, 0.15) is 5.75 Å². The molecule has 3 aliphatic carbocycles. The maximum atomic E-state index is 10.1. The summed E-state index contributed by atoms with van der Waals surface area (Å²) in [5.41, 5.74) is 3.67. The van der Waals surface area contributed by atoms with E-state index in [1.807, 2.05) is 12.1 Å². The Bertz CT molecular complexity index is 869. The number of allylic oxidation sites excluding steroid dienone is 2. The molecule has 5 rings (SSSR count). The van der Waals surface area contributed by atoms with Crippen LogP contribution in [0.4, 0.5) is 0 Å². The zero-order valence-electron chi connectivity index (χ0n) is 17.0. The van der Waals surface area contributed by atoms with Crippen molar-refractivity contribution in [3.63, 3.8) is 0 Å². The fraction of sp³-hybridized carbons (Fsp3) is 0.481. The smallest absolute Gasteiger partial charge is 0.115 e. The van der Waals surface area contributed by atoms with Crippen LogP contribution in [-0.2, 0) is 11.8 Å². The van der Waals surface area contributed by atoms with E-state index in [0.29, 0.717) is 17.1 Å². The molecule has 0 heterocycles. The lowest BCUT2D eigenvalue weighted by Crippen LogP contribution is -2.36. The normalized spacial score (nSPS) is 35.8. The minimum Gasteiger partial charge on any atom is -0.508 e. The van der Waals surface area contributed by atoms with Crippen molar-refractivity contribution in [3.05, 3.63) is 77.9 Å². The number of hydrogen-bond donors (Lipinski definition) is 1. The Labute approximate surface area is 169 Å². The fourth-order valence-corrected chi connectivity index (χ4v) is 7.22. The largest absolute Gasteiger partial charge is 0.508 e. The summed E-state index contributed by atoms with van der Waals surface area (Å²) in [7, 11) is 0. The molecular formula is C27H32O. The lowest BCUT2D eigenvalue weighted by molar-refractivity contribution is 0.193. The first kappa shape index (κ1) is 18.0. The Morgan fingerprint density at radius 2 is 1.93 bits per heavy atom. The van der Waals surface area contributed by atoms with Crippen molar-refractivity contribution >= 4 is 0 Å². The van der Waals surface area contributed by atoms with Crippen LogP contribution >= 0.6 is 0 Å². The molecule has 0 aliphatic heterocycles. The molecule has 1 heteroatoms. The number of phenolic OH excluding ortho intramolecular Hbond substituents is 1. The average molecular weight is 373 g/mol. The van der Waals surface area contributed by atoms with Crippen LogP contribution in [0.25, 0.3) is 0 Å². The highest BCUT2D eigenvalue weighted by molar-refractivity contribution is 5.42. The summed E-state index contributed by atoms with van der Waals surface area (Å²) >= 11 is 0. The van der Waals surface area contributed by atoms with Gasteiger partial charge in [0.2, 0.25) is 0 Å². The van der Waals surface area contributed by atoms with Gasteiger partial charge in [-0.05, 0) is 85.0 Å².